The van der Waals surface area contributed by atoms with Crippen LogP contribution in [0.4, 0.5) is 0 Å². The lowest BCUT2D eigenvalue weighted by atomic mass is 10.2. The molecule has 8 nitrogen and oxygen atoms in total. The van der Waals surface area contributed by atoms with Crippen LogP contribution < -0.4 is 14.9 Å². The highest BCUT2D eigenvalue weighted by Gasteiger charge is 2.11. The van der Waals surface area contributed by atoms with Crippen molar-refractivity contribution >= 4 is 47.0 Å². The van der Waals surface area contributed by atoms with Crippen molar-refractivity contribution in [2.45, 2.75) is 14.4 Å². The number of aromatic nitrogens is 2. The number of nitrogens with one attached hydrogen (secondary N) is 1. The van der Waals surface area contributed by atoms with Gasteiger partial charge in [-0.05, 0) is 17.7 Å². The molecule has 0 saturated carbocycles. The van der Waals surface area contributed by atoms with Crippen LogP contribution in [0.25, 0.3) is 0 Å². The van der Waals surface area contributed by atoms with E-state index in [1.807, 2.05) is 18.2 Å². The summed E-state index contributed by atoms with van der Waals surface area (Å²) in [5, 5.41) is 22.1. The van der Waals surface area contributed by atoms with E-state index in [1.165, 1.54) is 49.1 Å². The second-order valence-electron chi connectivity index (χ2n) is 5.96. The second-order valence-corrected chi connectivity index (χ2v) is 9.39. The Kier molecular flexibility index (Phi) is 8.56. The number of methoxy groups -OCH3 is 2. The first-order valence-electron chi connectivity index (χ1n) is 8.99. The number of phenolic OH excluding ortho intramolecular Hbond substituents is 1. The molecule has 11 heteroatoms. The smallest absolute Gasteiger partial charge is 0.250 e. The Labute approximate surface area is 192 Å². The molecule has 0 bridgehead atoms. The number of nitrogens with zero attached hydrogens (tertiary/aromatic N) is 3. The third kappa shape index (κ3) is 6.88. The predicted molar refractivity (Wildman–Crippen MR) is 124 cm³/mol. The number of hydrogen-bond acceptors (Lipinski definition) is 10. The summed E-state index contributed by atoms with van der Waals surface area (Å²) < 4.78 is 11.8. The highest BCUT2D eigenvalue weighted by molar-refractivity contribution is 8.03. The summed E-state index contributed by atoms with van der Waals surface area (Å²) >= 11 is 4.38. The predicted octanol–water partition coefficient (Wildman–Crippen LogP) is 3.80. The van der Waals surface area contributed by atoms with Gasteiger partial charge < -0.3 is 14.6 Å². The maximum Gasteiger partial charge on any atom is 0.250 e. The van der Waals surface area contributed by atoms with Crippen LogP contribution in [0.5, 0.6) is 17.2 Å². The highest BCUT2D eigenvalue weighted by atomic mass is 32.2. The molecule has 0 aliphatic carbocycles. The largest absolute Gasteiger partial charge is 0.502 e. The van der Waals surface area contributed by atoms with E-state index in [9.17, 15) is 9.90 Å². The number of amides is 1. The Balaban J connectivity index is 1.46. The number of rotatable bonds is 10. The molecule has 1 aromatic heterocycles. The summed E-state index contributed by atoms with van der Waals surface area (Å²) in [6.07, 6.45) is 1.44. The molecular weight excluding hydrogens is 456 g/mol. The fourth-order valence-electron chi connectivity index (χ4n) is 2.36. The molecule has 0 aliphatic heterocycles. The van der Waals surface area contributed by atoms with E-state index in [-0.39, 0.29) is 28.9 Å². The fourth-order valence-corrected chi connectivity index (χ4v) is 5.13. The minimum Gasteiger partial charge on any atom is -0.502 e. The van der Waals surface area contributed by atoms with Gasteiger partial charge in [-0.15, -0.1) is 10.2 Å². The first kappa shape index (κ1) is 22.9. The first-order valence-corrected chi connectivity index (χ1v) is 11.8. The quantitative estimate of drug-likeness (QED) is 0.259. The number of carbonyl (C=O) groups excluding carboxylic acids is 1. The molecule has 0 saturated heterocycles. The van der Waals surface area contributed by atoms with Gasteiger partial charge in [0.15, 0.2) is 20.2 Å². The van der Waals surface area contributed by atoms with Gasteiger partial charge in [0, 0.05) is 11.3 Å². The molecule has 1 heterocycles. The van der Waals surface area contributed by atoms with Crippen LogP contribution in [-0.4, -0.2) is 47.4 Å². The van der Waals surface area contributed by atoms with Crippen LogP contribution in [0.1, 0.15) is 11.1 Å². The molecule has 2 N–H and O–H groups in total. The van der Waals surface area contributed by atoms with Gasteiger partial charge in [0.2, 0.25) is 5.75 Å². The minimum absolute atomic E-state index is 0.0963. The van der Waals surface area contributed by atoms with Crippen LogP contribution in [0.2, 0.25) is 0 Å². The van der Waals surface area contributed by atoms with E-state index < -0.39 is 0 Å². The Hall–Kier alpha value is -2.76. The van der Waals surface area contributed by atoms with Gasteiger partial charge in [-0.25, -0.2) is 5.43 Å². The van der Waals surface area contributed by atoms with Crippen molar-refractivity contribution in [1.29, 1.82) is 0 Å². The zero-order chi connectivity index (χ0) is 22.1. The van der Waals surface area contributed by atoms with Crippen molar-refractivity contribution in [3.05, 3.63) is 53.6 Å². The van der Waals surface area contributed by atoms with Crippen LogP contribution in [0.15, 0.2) is 56.2 Å². The number of thioether (sulfide) groups is 2. The standard InChI is InChI=1S/C20H20N4O4S3/c1-27-15-8-14(9-16(28-2)18(15)26)10-21-22-17(25)12-30-20-24-23-19(31-20)29-11-13-6-4-3-5-7-13/h3-10,26H,11-12H2,1-2H3,(H,22,25)/b21-10+. The summed E-state index contributed by atoms with van der Waals surface area (Å²) in [7, 11) is 2.88. The van der Waals surface area contributed by atoms with Crippen molar-refractivity contribution in [1.82, 2.24) is 15.6 Å². The topological polar surface area (TPSA) is 106 Å². The van der Waals surface area contributed by atoms with E-state index in [2.05, 4.69) is 32.9 Å². The fraction of sp³-hybridized carbons (Fsp3) is 0.200. The van der Waals surface area contributed by atoms with Gasteiger partial charge in [-0.3, -0.25) is 4.79 Å². The summed E-state index contributed by atoms with van der Waals surface area (Å²) in [6, 6.07) is 13.3. The van der Waals surface area contributed by atoms with Gasteiger partial charge in [0.25, 0.3) is 5.91 Å². The Morgan fingerprint density at radius 2 is 1.77 bits per heavy atom. The number of hydrazone groups is 1. The van der Waals surface area contributed by atoms with Gasteiger partial charge in [-0.1, -0.05) is 65.2 Å². The van der Waals surface area contributed by atoms with Crippen molar-refractivity contribution < 1.29 is 19.4 Å². The summed E-state index contributed by atoms with van der Waals surface area (Å²) in [4.78, 5) is 12.0. The van der Waals surface area contributed by atoms with Crippen molar-refractivity contribution in [2.24, 2.45) is 5.10 Å². The van der Waals surface area contributed by atoms with Crippen LogP contribution >= 0.6 is 34.9 Å². The molecule has 1 amide bonds. The summed E-state index contributed by atoms with van der Waals surface area (Å²) in [5.41, 5.74) is 4.28. The monoisotopic (exact) mass is 476 g/mol. The molecule has 2 aromatic carbocycles. The molecular formula is C20H20N4O4S3. The highest BCUT2D eigenvalue weighted by Crippen LogP contribution is 2.36. The molecule has 162 valence electrons. The van der Waals surface area contributed by atoms with E-state index in [0.717, 1.165) is 14.4 Å². The Morgan fingerprint density at radius 3 is 2.42 bits per heavy atom. The average Bonchev–Trinajstić information content (AvgIpc) is 3.26. The van der Waals surface area contributed by atoms with E-state index in [0.29, 0.717) is 5.56 Å². The number of ether oxygens (including phenoxy) is 2. The molecule has 0 aliphatic rings. The first-order chi connectivity index (χ1) is 15.1. The van der Waals surface area contributed by atoms with Crippen LogP contribution in [-0.2, 0) is 10.5 Å². The maximum atomic E-state index is 12.0. The molecule has 0 fully saturated rings. The second kappa shape index (κ2) is 11.6. The molecule has 0 spiro atoms. The third-order valence-electron chi connectivity index (χ3n) is 3.82. The minimum atomic E-state index is -0.271. The zero-order valence-electron chi connectivity index (χ0n) is 16.8. The SMILES string of the molecule is COc1cc(/C=N/NC(=O)CSc2nnc(SCc3ccccc3)s2)cc(OC)c1O. The lowest BCUT2D eigenvalue weighted by Gasteiger charge is -2.09. The number of aromatic hydroxyl groups is 1. The number of benzene rings is 2. The molecule has 31 heavy (non-hydrogen) atoms. The van der Waals surface area contributed by atoms with Crippen molar-refractivity contribution in [2.75, 3.05) is 20.0 Å². The van der Waals surface area contributed by atoms with Crippen molar-refractivity contribution in [3.63, 3.8) is 0 Å². The average molecular weight is 477 g/mol. The lowest BCUT2D eigenvalue weighted by Crippen LogP contribution is -2.19. The Morgan fingerprint density at radius 1 is 1.13 bits per heavy atom. The van der Waals surface area contributed by atoms with E-state index in [1.54, 1.807) is 23.9 Å². The number of phenols is 1. The van der Waals surface area contributed by atoms with Crippen molar-refractivity contribution in [3.8, 4) is 17.2 Å². The molecule has 3 rings (SSSR count). The molecule has 3 aromatic rings. The van der Waals surface area contributed by atoms with Gasteiger partial charge >= 0.3 is 0 Å². The van der Waals surface area contributed by atoms with E-state index in [4.69, 9.17) is 9.47 Å². The molecule has 0 radical (unpaired) electrons. The normalized spacial score (nSPS) is 10.9. The number of hydrogen-bond donors (Lipinski definition) is 2. The summed E-state index contributed by atoms with van der Waals surface area (Å²) in [5.74, 6) is 1.12. The van der Waals surface area contributed by atoms with Gasteiger partial charge in [-0.2, -0.15) is 5.10 Å². The van der Waals surface area contributed by atoms with Crippen LogP contribution in [0, 0.1) is 0 Å². The lowest BCUT2D eigenvalue weighted by molar-refractivity contribution is -0.118. The van der Waals surface area contributed by atoms with Gasteiger partial charge in [0.05, 0.1) is 26.2 Å². The Bertz CT molecular complexity index is 1020. The third-order valence-corrected chi connectivity index (χ3v) is 7.09. The van der Waals surface area contributed by atoms with Crippen LogP contribution in [0.3, 0.4) is 0 Å². The zero-order valence-corrected chi connectivity index (χ0v) is 19.2. The number of carbonyl (C=O) groups is 1. The summed E-state index contributed by atoms with van der Waals surface area (Å²) in [6.45, 7) is 0. The van der Waals surface area contributed by atoms with Gasteiger partial charge in [0.1, 0.15) is 0 Å². The van der Waals surface area contributed by atoms with E-state index >= 15 is 0 Å². The molecule has 0 atom stereocenters. The molecule has 0 unspecified atom stereocenters. The maximum absolute atomic E-state index is 12.0.